The molecular weight excluding hydrogens is 279 g/mol. The minimum atomic E-state index is -0.186. The summed E-state index contributed by atoms with van der Waals surface area (Å²) in [5, 5.41) is 2.17. The highest BCUT2D eigenvalue weighted by Crippen LogP contribution is 2.38. The van der Waals surface area contributed by atoms with Gasteiger partial charge in [0.05, 0.1) is 5.60 Å². The van der Waals surface area contributed by atoms with Gasteiger partial charge in [0.25, 0.3) is 0 Å². The Bertz CT molecular complexity index is 453. The topological polar surface area (TPSA) is 18.5 Å². The molecule has 1 aromatic rings. The van der Waals surface area contributed by atoms with Crippen LogP contribution in [0.5, 0.6) is 0 Å². The monoisotopic (exact) mass is 308 g/mol. The van der Waals surface area contributed by atoms with Crippen LogP contribution in [0.1, 0.15) is 65.9 Å². The Balaban J connectivity index is 2.01. The van der Waals surface area contributed by atoms with Gasteiger partial charge >= 0.3 is 7.12 Å². The molecule has 0 atom stereocenters. The van der Waals surface area contributed by atoms with Crippen LogP contribution in [0.25, 0.3) is 0 Å². The summed E-state index contributed by atoms with van der Waals surface area (Å²) in [5.74, 6) is 0. The van der Waals surface area contributed by atoms with Crippen LogP contribution in [-0.2, 0) is 15.7 Å². The van der Waals surface area contributed by atoms with Crippen molar-refractivity contribution < 1.29 is 9.31 Å². The predicted octanol–water partition coefficient (Wildman–Crippen LogP) is 4.42. The second kappa shape index (κ2) is 6.85. The van der Waals surface area contributed by atoms with Crippen molar-refractivity contribution in [1.29, 1.82) is 0 Å². The molecule has 0 bridgehead atoms. The molecule has 21 heavy (non-hydrogen) atoms. The molecule has 0 N–H and O–H groups in total. The molecular formula is C17H29BO2S. The molecule has 0 radical (unpaired) electrons. The zero-order valence-corrected chi connectivity index (χ0v) is 15.0. The third-order valence-electron chi connectivity index (χ3n) is 4.92. The molecule has 4 heteroatoms. The summed E-state index contributed by atoms with van der Waals surface area (Å²) in [5.41, 5.74) is 1.29. The third kappa shape index (κ3) is 3.91. The normalized spacial score (nSPS) is 20.7. The second-order valence-corrected chi connectivity index (χ2v) is 8.22. The Labute approximate surface area is 134 Å². The van der Waals surface area contributed by atoms with Crippen LogP contribution in [0.4, 0.5) is 0 Å². The van der Waals surface area contributed by atoms with Crippen LogP contribution in [0.3, 0.4) is 0 Å². The van der Waals surface area contributed by atoms with Crippen LogP contribution >= 0.6 is 11.3 Å². The molecule has 0 spiro atoms. The van der Waals surface area contributed by atoms with E-state index in [-0.39, 0.29) is 18.1 Å². The third-order valence-corrected chi connectivity index (χ3v) is 5.90. The van der Waals surface area contributed by atoms with Crippen LogP contribution in [-0.4, -0.2) is 19.3 Å². The lowest BCUT2D eigenvalue weighted by Crippen LogP contribution is -2.58. The first-order valence-electron chi connectivity index (χ1n) is 8.23. The molecule has 2 nitrogen and oxygen atoms in total. The number of hydrogen-bond donors (Lipinski definition) is 0. The molecule has 2 heterocycles. The van der Waals surface area contributed by atoms with E-state index in [2.05, 4.69) is 46.1 Å². The number of rotatable bonds is 6. The maximum Gasteiger partial charge on any atom is 0.505 e. The first kappa shape index (κ1) is 17.0. The van der Waals surface area contributed by atoms with E-state index in [9.17, 15) is 0 Å². The van der Waals surface area contributed by atoms with Crippen molar-refractivity contribution in [3.05, 3.63) is 17.0 Å². The molecule has 0 amide bonds. The van der Waals surface area contributed by atoms with E-state index < -0.39 is 0 Å². The fourth-order valence-electron chi connectivity index (χ4n) is 2.55. The van der Waals surface area contributed by atoms with Crippen molar-refractivity contribution in [1.82, 2.24) is 0 Å². The highest BCUT2D eigenvalue weighted by molar-refractivity contribution is 7.21. The lowest BCUT2D eigenvalue weighted by Gasteiger charge is -2.47. The van der Waals surface area contributed by atoms with Crippen molar-refractivity contribution in [2.24, 2.45) is 5.41 Å². The summed E-state index contributed by atoms with van der Waals surface area (Å²) in [4.78, 5) is 0. The van der Waals surface area contributed by atoms with Gasteiger partial charge < -0.3 is 9.31 Å². The number of aryl methyl sites for hydroxylation is 1. The van der Waals surface area contributed by atoms with E-state index in [1.165, 1.54) is 36.0 Å². The van der Waals surface area contributed by atoms with Crippen LogP contribution in [0.15, 0.2) is 11.4 Å². The summed E-state index contributed by atoms with van der Waals surface area (Å²) in [7, 11) is -0.186. The molecule has 118 valence electrons. The molecule has 0 aliphatic carbocycles. The average molecular weight is 308 g/mol. The fourth-order valence-corrected chi connectivity index (χ4v) is 3.48. The van der Waals surface area contributed by atoms with E-state index in [0.717, 1.165) is 13.0 Å². The highest BCUT2D eigenvalue weighted by Gasteiger charge is 2.47. The van der Waals surface area contributed by atoms with Crippen LogP contribution in [0, 0.1) is 5.41 Å². The zero-order valence-electron chi connectivity index (χ0n) is 14.2. The van der Waals surface area contributed by atoms with Gasteiger partial charge in [0.1, 0.15) is 0 Å². The minimum absolute atomic E-state index is 0.0437. The van der Waals surface area contributed by atoms with Crippen molar-refractivity contribution >= 4 is 23.2 Å². The smallest absolute Gasteiger partial charge is 0.406 e. The molecule has 0 saturated carbocycles. The lowest BCUT2D eigenvalue weighted by atomic mass is 9.71. The number of thiophene rings is 1. The first-order chi connectivity index (χ1) is 9.87. The van der Waals surface area contributed by atoms with E-state index in [1.54, 1.807) is 11.3 Å². The van der Waals surface area contributed by atoms with E-state index in [1.807, 2.05) is 0 Å². The van der Waals surface area contributed by atoms with Gasteiger partial charge in [-0.2, -0.15) is 11.3 Å². The first-order valence-corrected chi connectivity index (χ1v) is 9.11. The second-order valence-electron chi connectivity index (χ2n) is 7.28. The highest BCUT2D eigenvalue weighted by atomic mass is 32.1. The maximum absolute atomic E-state index is 6.29. The van der Waals surface area contributed by atoms with Gasteiger partial charge in [-0.1, -0.05) is 40.0 Å². The Morgan fingerprint density at radius 1 is 1.19 bits per heavy atom. The van der Waals surface area contributed by atoms with Gasteiger partial charge in [0, 0.05) is 16.8 Å². The maximum atomic E-state index is 6.29. The summed E-state index contributed by atoms with van der Waals surface area (Å²) in [6, 6.07) is 2.24. The summed E-state index contributed by atoms with van der Waals surface area (Å²) in [6.07, 6.45) is 6.34. The molecule has 2 rings (SSSR count). The van der Waals surface area contributed by atoms with Gasteiger partial charge in [0.2, 0.25) is 0 Å². The Kier molecular flexibility index (Phi) is 5.56. The van der Waals surface area contributed by atoms with Crippen LogP contribution in [0.2, 0.25) is 0 Å². The van der Waals surface area contributed by atoms with Gasteiger partial charge in [-0.15, -0.1) is 0 Å². The molecule has 1 aliphatic heterocycles. The van der Waals surface area contributed by atoms with Crippen molar-refractivity contribution in [3.8, 4) is 0 Å². The largest absolute Gasteiger partial charge is 0.505 e. The van der Waals surface area contributed by atoms with E-state index >= 15 is 0 Å². The fraction of sp³-hybridized carbons (Fsp3) is 0.765. The Hall–Kier alpha value is -0.315. The Morgan fingerprint density at radius 2 is 1.95 bits per heavy atom. The van der Waals surface area contributed by atoms with Gasteiger partial charge in [-0.25, -0.2) is 0 Å². The van der Waals surface area contributed by atoms with Crippen molar-refractivity contribution in [3.63, 3.8) is 0 Å². The lowest BCUT2D eigenvalue weighted by molar-refractivity contribution is -0.0935. The number of hydrogen-bond acceptors (Lipinski definition) is 3. The van der Waals surface area contributed by atoms with Gasteiger partial charge in [0.15, 0.2) is 0 Å². The summed E-state index contributed by atoms with van der Waals surface area (Å²) >= 11 is 1.77. The Morgan fingerprint density at radius 3 is 2.62 bits per heavy atom. The SMILES string of the molecule is CCCCCCc1ccsc1B1OCC(C)(C)C(C)(C)O1. The van der Waals surface area contributed by atoms with Gasteiger partial charge in [-0.05, 0) is 43.7 Å². The van der Waals surface area contributed by atoms with Crippen LogP contribution < -0.4 is 4.78 Å². The van der Waals surface area contributed by atoms with E-state index in [4.69, 9.17) is 9.31 Å². The zero-order chi connectivity index (χ0) is 15.5. The molecule has 1 fully saturated rings. The standard InChI is InChI=1S/C17H29BO2S/c1-6-7-8-9-10-14-11-12-21-15(14)18-19-13-16(2,3)17(4,5)20-18/h11-12H,6-10,13H2,1-5H3. The summed E-state index contributed by atoms with van der Waals surface area (Å²) < 4.78 is 13.6. The molecule has 0 unspecified atom stereocenters. The quantitative estimate of drug-likeness (QED) is 0.572. The molecule has 1 saturated heterocycles. The molecule has 1 aliphatic rings. The van der Waals surface area contributed by atoms with Gasteiger partial charge in [-0.3, -0.25) is 0 Å². The molecule has 0 aromatic carbocycles. The predicted molar refractivity (Wildman–Crippen MR) is 92.5 cm³/mol. The van der Waals surface area contributed by atoms with E-state index in [0.29, 0.717) is 0 Å². The minimum Gasteiger partial charge on any atom is -0.406 e. The van der Waals surface area contributed by atoms with Crippen molar-refractivity contribution in [2.75, 3.05) is 6.61 Å². The molecule has 1 aromatic heterocycles. The van der Waals surface area contributed by atoms with Crippen molar-refractivity contribution in [2.45, 2.75) is 72.3 Å². The summed E-state index contributed by atoms with van der Waals surface area (Å²) in [6.45, 7) is 11.8. The number of unbranched alkanes of at least 4 members (excludes halogenated alkanes) is 3. The average Bonchev–Trinajstić information content (AvgIpc) is 2.86.